The first-order valence-electron chi connectivity index (χ1n) is 10.8. The highest BCUT2D eigenvalue weighted by Gasteiger charge is 2.33. The third kappa shape index (κ3) is 14.8. The van der Waals surface area contributed by atoms with Crippen LogP contribution in [-0.4, -0.2) is 52.0 Å². The SMILES string of the molecule is C=C/C=C(/CC)C(=C)F.CC1(C)CS(=O)(=O)N=C(N)O1.Cc1ccc(N2CCNCC2)cc1.I.I. The van der Waals surface area contributed by atoms with E-state index < -0.39 is 15.6 Å². The summed E-state index contributed by atoms with van der Waals surface area (Å²) in [7, 11) is -3.40. The summed E-state index contributed by atoms with van der Waals surface area (Å²) in [5, 5.41) is 3.35. The molecule has 0 atom stereocenters. The summed E-state index contributed by atoms with van der Waals surface area (Å²) < 4.78 is 42.2. The Morgan fingerprint density at radius 2 is 1.80 bits per heavy atom. The number of sulfonamides is 1. The number of nitrogens with one attached hydrogen (secondary N) is 1. The predicted molar refractivity (Wildman–Crippen MR) is 166 cm³/mol. The molecule has 3 rings (SSSR count). The molecule has 0 radical (unpaired) electrons. The molecule has 3 N–H and O–H groups in total. The molecule has 35 heavy (non-hydrogen) atoms. The zero-order valence-electron chi connectivity index (χ0n) is 20.9. The van der Waals surface area contributed by atoms with Gasteiger partial charge in [0.1, 0.15) is 17.2 Å². The Morgan fingerprint density at radius 3 is 2.17 bits per heavy atom. The van der Waals surface area contributed by atoms with Gasteiger partial charge in [0.25, 0.3) is 16.0 Å². The lowest BCUT2D eigenvalue weighted by atomic mass is 10.2. The van der Waals surface area contributed by atoms with Crippen LogP contribution in [0, 0.1) is 6.92 Å². The van der Waals surface area contributed by atoms with Gasteiger partial charge in [0.2, 0.25) is 0 Å². The van der Waals surface area contributed by atoms with Gasteiger partial charge in [-0.05, 0) is 44.9 Å². The Bertz CT molecular complexity index is 959. The first kappa shape index (κ1) is 36.0. The van der Waals surface area contributed by atoms with Crippen molar-refractivity contribution in [3.63, 3.8) is 0 Å². The molecule has 1 fully saturated rings. The van der Waals surface area contributed by atoms with E-state index in [9.17, 15) is 12.8 Å². The number of anilines is 1. The van der Waals surface area contributed by atoms with Crippen LogP contribution < -0.4 is 16.0 Å². The average molecular weight is 736 g/mol. The van der Waals surface area contributed by atoms with Crippen LogP contribution in [-0.2, 0) is 14.8 Å². The van der Waals surface area contributed by atoms with Crippen molar-refractivity contribution in [1.82, 2.24) is 5.32 Å². The van der Waals surface area contributed by atoms with E-state index in [1.807, 2.05) is 6.92 Å². The molecule has 0 spiro atoms. The molecule has 0 bridgehead atoms. The Balaban J connectivity index is 0. The van der Waals surface area contributed by atoms with E-state index >= 15 is 0 Å². The fraction of sp³-hybridized carbons (Fsp3) is 0.458. The molecular formula is C24H39FI2N4O3S. The molecule has 1 aromatic carbocycles. The molecule has 1 aromatic rings. The van der Waals surface area contributed by atoms with Crippen molar-refractivity contribution in [2.45, 2.75) is 39.7 Å². The van der Waals surface area contributed by atoms with Crippen LogP contribution in [0.5, 0.6) is 0 Å². The molecule has 0 unspecified atom stereocenters. The number of amidine groups is 1. The first-order chi connectivity index (χ1) is 15.4. The number of benzene rings is 1. The van der Waals surface area contributed by atoms with Gasteiger partial charge in [-0.3, -0.25) is 0 Å². The fourth-order valence-electron chi connectivity index (χ4n) is 3.16. The highest BCUT2D eigenvalue weighted by molar-refractivity contribution is 14.0. The third-order valence-electron chi connectivity index (χ3n) is 4.70. The van der Waals surface area contributed by atoms with E-state index in [0.717, 1.165) is 26.2 Å². The Morgan fingerprint density at radius 1 is 1.26 bits per heavy atom. The normalized spacial score (nSPS) is 17.8. The molecule has 2 heterocycles. The molecule has 200 valence electrons. The molecule has 0 amide bonds. The Hall–Kier alpha value is -1.19. The van der Waals surface area contributed by atoms with Crippen LogP contribution in [0.3, 0.4) is 0 Å². The second-order valence-electron chi connectivity index (χ2n) is 8.28. The highest BCUT2D eigenvalue weighted by Crippen LogP contribution is 2.18. The quantitative estimate of drug-likeness (QED) is 0.331. The number of hydrogen-bond acceptors (Lipinski definition) is 6. The molecule has 0 saturated carbocycles. The van der Waals surface area contributed by atoms with Crippen molar-refractivity contribution in [1.29, 1.82) is 0 Å². The van der Waals surface area contributed by atoms with Gasteiger partial charge in [0.05, 0.1) is 0 Å². The lowest BCUT2D eigenvalue weighted by Crippen LogP contribution is -2.43. The van der Waals surface area contributed by atoms with Crippen molar-refractivity contribution in [2.75, 3.05) is 36.8 Å². The van der Waals surface area contributed by atoms with Gasteiger partial charge < -0.3 is 20.7 Å². The number of halogens is 3. The lowest BCUT2D eigenvalue weighted by Gasteiger charge is -2.29. The number of piperazine rings is 1. The summed E-state index contributed by atoms with van der Waals surface area (Å²) >= 11 is 0. The number of nitrogens with zero attached hydrogens (tertiary/aromatic N) is 2. The maximum atomic E-state index is 12.2. The molecule has 7 nitrogen and oxygen atoms in total. The molecule has 2 aliphatic rings. The van der Waals surface area contributed by atoms with E-state index in [1.165, 1.54) is 11.3 Å². The smallest absolute Gasteiger partial charge is 0.298 e. The molecule has 1 saturated heterocycles. The van der Waals surface area contributed by atoms with Crippen molar-refractivity contribution in [2.24, 2.45) is 10.1 Å². The van der Waals surface area contributed by atoms with E-state index in [-0.39, 0.29) is 65.6 Å². The van der Waals surface area contributed by atoms with Crippen LogP contribution in [0.15, 0.2) is 65.4 Å². The van der Waals surface area contributed by atoms with Crippen molar-refractivity contribution >= 4 is 69.7 Å². The second kappa shape index (κ2) is 17.3. The molecule has 0 aliphatic carbocycles. The van der Waals surface area contributed by atoms with Crippen molar-refractivity contribution in [3.8, 4) is 0 Å². The lowest BCUT2D eigenvalue weighted by molar-refractivity contribution is 0.113. The number of aryl methyl sites for hydroxylation is 1. The van der Waals surface area contributed by atoms with Gasteiger partial charge in [-0.25, -0.2) is 12.8 Å². The monoisotopic (exact) mass is 736 g/mol. The van der Waals surface area contributed by atoms with E-state index in [1.54, 1.807) is 26.0 Å². The Labute approximate surface area is 244 Å². The number of hydrogen-bond donors (Lipinski definition) is 2. The summed E-state index contributed by atoms with van der Waals surface area (Å²) in [6, 6.07) is 8.50. The van der Waals surface area contributed by atoms with Crippen molar-refractivity contribution < 1.29 is 17.5 Å². The number of rotatable bonds is 4. The predicted octanol–water partition coefficient (Wildman–Crippen LogP) is 5.07. The minimum Gasteiger partial charge on any atom is -0.458 e. The van der Waals surface area contributed by atoms with Crippen LogP contribution in [0.1, 0.15) is 32.8 Å². The maximum absolute atomic E-state index is 12.2. The largest absolute Gasteiger partial charge is 0.458 e. The summed E-state index contributed by atoms with van der Waals surface area (Å²) in [4.78, 5) is 2.43. The first-order valence-corrected chi connectivity index (χ1v) is 12.5. The minimum atomic E-state index is -3.40. The van der Waals surface area contributed by atoms with Gasteiger partial charge >= 0.3 is 0 Å². The summed E-state index contributed by atoms with van der Waals surface area (Å²) in [6.07, 6.45) is 3.85. The fourth-order valence-corrected chi connectivity index (χ4v) is 4.47. The van der Waals surface area contributed by atoms with E-state index in [2.05, 4.69) is 59.0 Å². The maximum Gasteiger partial charge on any atom is 0.298 e. The number of ether oxygens (including phenoxy) is 1. The van der Waals surface area contributed by atoms with Gasteiger partial charge in [-0.1, -0.05) is 49.9 Å². The van der Waals surface area contributed by atoms with Gasteiger partial charge in [0.15, 0.2) is 0 Å². The van der Waals surface area contributed by atoms with E-state index in [4.69, 9.17) is 10.5 Å². The minimum absolute atomic E-state index is 0. The van der Waals surface area contributed by atoms with Gasteiger partial charge in [-0.2, -0.15) is 0 Å². The van der Waals surface area contributed by atoms with Crippen LogP contribution >= 0.6 is 48.0 Å². The van der Waals surface area contributed by atoms with E-state index in [0.29, 0.717) is 12.0 Å². The summed E-state index contributed by atoms with van der Waals surface area (Å²) in [5.74, 6) is -0.488. The Kier molecular flexibility index (Phi) is 17.8. The van der Waals surface area contributed by atoms with Crippen LogP contribution in [0.25, 0.3) is 0 Å². The van der Waals surface area contributed by atoms with Crippen LogP contribution in [0.2, 0.25) is 0 Å². The molecular weight excluding hydrogens is 697 g/mol. The second-order valence-corrected chi connectivity index (χ2v) is 9.91. The van der Waals surface area contributed by atoms with Gasteiger partial charge in [0, 0.05) is 31.9 Å². The standard InChI is InChI=1S/C11H16N2.C8H11F.C5H10N2O3S.2HI/c1-10-2-4-11(5-3-10)13-8-6-12-7-9-13;1-4-6-8(5-2)7(3)9;1-5(2)3-11(8,9)7-4(6)10-5;;/h2-5,12H,6-9H2,1H3;4,6H,1,3,5H2,2H3;3H2,1-2H3,(H2,6,7);2*1H/b;8-6-;;;. The van der Waals surface area contributed by atoms with Gasteiger partial charge in [-0.15, -0.1) is 52.4 Å². The van der Waals surface area contributed by atoms with Crippen molar-refractivity contribution in [3.05, 3.63) is 66.5 Å². The third-order valence-corrected chi connectivity index (χ3v) is 6.22. The zero-order valence-corrected chi connectivity index (χ0v) is 26.4. The molecule has 0 aromatic heterocycles. The molecule has 2 aliphatic heterocycles. The zero-order chi connectivity index (χ0) is 25.1. The van der Waals surface area contributed by atoms with Crippen LogP contribution in [0.4, 0.5) is 10.1 Å². The number of allylic oxidation sites excluding steroid dienone is 4. The topological polar surface area (TPSA) is 97.0 Å². The summed E-state index contributed by atoms with van der Waals surface area (Å²) in [5.41, 5.74) is 7.68. The molecule has 11 heteroatoms. The summed E-state index contributed by atoms with van der Waals surface area (Å²) in [6.45, 7) is 18.4. The number of nitrogens with two attached hydrogens (primary N) is 1. The average Bonchev–Trinajstić information content (AvgIpc) is 2.71. The highest BCUT2D eigenvalue weighted by atomic mass is 127.